The van der Waals surface area contributed by atoms with Crippen LogP contribution in [0.4, 0.5) is 14.5 Å². The predicted molar refractivity (Wildman–Crippen MR) is 69.8 cm³/mol. The van der Waals surface area contributed by atoms with Gasteiger partial charge in [-0.25, -0.2) is 4.39 Å². The topological polar surface area (TPSA) is 60.2 Å². The summed E-state index contributed by atoms with van der Waals surface area (Å²) in [5.74, 6) is -1.57. The van der Waals surface area contributed by atoms with Gasteiger partial charge in [0.15, 0.2) is 5.12 Å². The van der Waals surface area contributed by atoms with Crippen LogP contribution in [-0.4, -0.2) is 15.8 Å². The molecule has 0 fully saturated rings. The first-order valence-electron chi connectivity index (χ1n) is 5.35. The molecule has 0 bridgehead atoms. The Morgan fingerprint density at radius 1 is 1.47 bits per heavy atom. The number of nitrogens with zero attached hydrogens (tertiary/aromatic N) is 1. The van der Waals surface area contributed by atoms with Gasteiger partial charge in [-0.05, 0) is 12.5 Å². The number of halogens is 2. The van der Waals surface area contributed by atoms with E-state index in [2.05, 4.69) is 0 Å². The van der Waals surface area contributed by atoms with E-state index >= 15 is 0 Å². The lowest BCUT2D eigenvalue weighted by Gasteiger charge is -1.99. The second-order valence-electron chi connectivity index (χ2n) is 3.61. The summed E-state index contributed by atoms with van der Waals surface area (Å²) in [5.41, 5.74) is -0.882. The molecule has 0 unspecified atom stereocenters. The number of benzene rings is 1. The molecule has 0 atom stereocenters. The minimum atomic E-state index is -1.21. The maximum Gasteiger partial charge on any atom is 0.312 e. The van der Waals surface area contributed by atoms with Gasteiger partial charge in [-0.15, -0.1) is 0 Å². The van der Waals surface area contributed by atoms with Crippen molar-refractivity contribution >= 4 is 28.6 Å². The van der Waals surface area contributed by atoms with Gasteiger partial charge >= 0.3 is 5.69 Å². The minimum absolute atomic E-state index is 0.0313. The van der Waals surface area contributed by atoms with Crippen molar-refractivity contribution in [2.45, 2.75) is 13.3 Å². The Kier molecular flexibility index (Phi) is 5.62. The average molecular weight is 287 g/mol. The number of nitro benzene ring substituents is 1. The Labute approximate surface area is 112 Å². The number of thioether (sulfide) groups is 1. The summed E-state index contributed by atoms with van der Waals surface area (Å²) in [6, 6.07) is 1.37. The van der Waals surface area contributed by atoms with Crippen LogP contribution in [0.15, 0.2) is 18.2 Å². The molecule has 4 nitrogen and oxygen atoms in total. The van der Waals surface area contributed by atoms with Crippen molar-refractivity contribution in [3.8, 4) is 0 Å². The molecule has 19 heavy (non-hydrogen) atoms. The molecule has 0 heterocycles. The monoisotopic (exact) mass is 287 g/mol. The third-order valence-corrected chi connectivity index (χ3v) is 2.97. The Bertz CT molecular complexity index is 532. The van der Waals surface area contributed by atoms with E-state index in [1.807, 2.05) is 0 Å². The third-order valence-electron chi connectivity index (χ3n) is 2.13. The number of hydrogen-bond donors (Lipinski definition) is 0. The summed E-state index contributed by atoms with van der Waals surface area (Å²) in [5, 5.41) is 10.7. The third kappa shape index (κ3) is 4.78. The molecule has 0 N–H and O–H groups in total. The highest BCUT2D eigenvalue weighted by Crippen LogP contribution is 2.25. The zero-order valence-corrected chi connectivity index (χ0v) is 10.9. The molecule has 1 aromatic rings. The van der Waals surface area contributed by atoms with Crippen molar-refractivity contribution in [1.82, 2.24) is 0 Å². The average Bonchev–Trinajstić information content (AvgIpc) is 2.26. The molecule has 0 aromatic heterocycles. The smallest absolute Gasteiger partial charge is 0.288 e. The maximum atomic E-state index is 13.3. The van der Waals surface area contributed by atoms with E-state index in [9.17, 15) is 23.7 Å². The van der Waals surface area contributed by atoms with Crippen LogP contribution in [0.2, 0.25) is 0 Å². The quantitative estimate of drug-likeness (QED) is 0.472. The Morgan fingerprint density at radius 3 is 2.74 bits per heavy atom. The zero-order chi connectivity index (χ0) is 14.4. The lowest BCUT2D eigenvalue weighted by atomic mass is 10.1. The molecular formula is C12H11F2NO3S. The van der Waals surface area contributed by atoms with Crippen LogP contribution < -0.4 is 0 Å². The number of rotatable bonds is 5. The van der Waals surface area contributed by atoms with E-state index in [-0.39, 0.29) is 10.7 Å². The molecule has 0 saturated carbocycles. The second kappa shape index (κ2) is 6.98. The Hall–Kier alpha value is -1.76. The van der Waals surface area contributed by atoms with Crippen LogP contribution in [0.3, 0.4) is 0 Å². The fourth-order valence-electron chi connectivity index (χ4n) is 1.39. The number of allylic oxidation sites excluding steroid dienone is 1. The van der Waals surface area contributed by atoms with E-state index < -0.39 is 22.2 Å². The molecule has 0 saturated heterocycles. The van der Waals surface area contributed by atoms with Gasteiger partial charge in [0.05, 0.1) is 10.5 Å². The summed E-state index contributed by atoms with van der Waals surface area (Å²) in [6.45, 7) is 1.43. The lowest BCUT2D eigenvalue weighted by molar-refractivity contribution is -0.387. The van der Waals surface area contributed by atoms with Crippen LogP contribution in [0.5, 0.6) is 0 Å². The standard InChI is InChI=1S/C12H11F2NO3S/c1-8(16)19-5-3-2-4-9-6-10(13)7-11(14)12(9)15(17)18/h2,4,6-7H,3,5H2,1H3. The van der Waals surface area contributed by atoms with Gasteiger partial charge in [0.1, 0.15) is 5.82 Å². The molecular weight excluding hydrogens is 276 g/mol. The maximum absolute atomic E-state index is 13.3. The molecule has 0 amide bonds. The Balaban J connectivity index is 2.85. The molecule has 102 valence electrons. The van der Waals surface area contributed by atoms with Gasteiger partial charge < -0.3 is 0 Å². The molecule has 1 rings (SSSR count). The molecule has 0 aliphatic heterocycles. The van der Waals surface area contributed by atoms with Crippen molar-refractivity contribution in [3.63, 3.8) is 0 Å². The van der Waals surface area contributed by atoms with Crippen molar-refractivity contribution < 1.29 is 18.5 Å². The van der Waals surface area contributed by atoms with E-state index in [1.54, 1.807) is 0 Å². The number of hydrogen-bond acceptors (Lipinski definition) is 4. The number of carbonyl (C=O) groups excluding carboxylic acids is 1. The first-order valence-corrected chi connectivity index (χ1v) is 6.33. The van der Waals surface area contributed by atoms with E-state index in [0.717, 1.165) is 17.8 Å². The summed E-state index contributed by atoms with van der Waals surface area (Å²) in [7, 11) is 0. The Morgan fingerprint density at radius 2 is 2.16 bits per heavy atom. The van der Waals surface area contributed by atoms with E-state index in [1.165, 1.54) is 19.1 Å². The van der Waals surface area contributed by atoms with Gasteiger partial charge in [0, 0.05) is 18.7 Å². The molecule has 7 heteroatoms. The van der Waals surface area contributed by atoms with Crippen LogP contribution in [0, 0.1) is 21.7 Å². The van der Waals surface area contributed by atoms with Gasteiger partial charge in [0.25, 0.3) is 0 Å². The highest BCUT2D eigenvalue weighted by Gasteiger charge is 2.19. The van der Waals surface area contributed by atoms with Crippen molar-refractivity contribution in [1.29, 1.82) is 0 Å². The highest BCUT2D eigenvalue weighted by atomic mass is 32.2. The number of carbonyl (C=O) groups is 1. The van der Waals surface area contributed by atoms with Crippen molar-refractivity contribution in [2.75, 3.05) is 5.75 Å². The molecule has 0 aliphatic rings. The lowest BCUT2D eigenvalue weighted by Crippen LogP contribution is -1.97. The van der Waals surface area contributed by atoms with Gasteiger partial charge in [-0.2, -0.15) is 4.39 Å². The molecule has 0 aliphatic carbocycles. The minimum Gasteiger partial charge on any atom is -0.288 e. The normalized spacial score (nSPS) is 10.9. The van der Waals surface area contributed by atoms with Crippen LogP contribution in [-0.2, 0) is 4.79 Å². The van der Waals surface area contributed by atoms with Crippen molar-refractivity contribution in [3.05, 3.63) is 45.5 Å². The van der Waals surface area contributed by atoms with Crippen LogP contribution >= 0.6 is 11.8 Å². The predicted octanol–water partition coefficient (Wildman–Crippen LogP) is 3.56. The van der Waals surface area contributed by atoms with Crippen LogP contribution in [0.1, 0.15) is 18.9 Å². The fraction of sp³-hybridized carbons (Fsp3) is 0.250. The zero-order valence-electron chi connectivity index (χ0n) is 10.1. The SMILES string of the molecule is CC(=O)SCCC=Cc1cc(F)cc(F)c1[N+](=O)[O-]. The van der Waals surface area contributed by atoms with Gasteiger partial charge in [0.2, 0.25) is 5.82 Å². The van der Waals surface area contributed by atoms with E-state index in [0.29, 0.717) is 18.2 Å². The highest BCUT2D eigenvalue weighted by molar-refractivity contribution is 8.13. The largest absolute Gasteiger partial charge is 0.312 e. The van der Waals surface area contributed by atoms with Crippen LogP contribution in [0.25, 0.3) is 6.08 Å². The summed E-state index contributed by atoms with van der Waals surface area (Å²) < 4.78 is 26.3. The van der Waals surface area contributed by atoms with Crippen molar-refractivity contribution in [2.24, 2.45) is 0 Å². The molecule has 0 spiro atoms. The molecule has 0 radical (unpaired) electrons. The van der Waals surface area contributed by atoms with E-state index in [4.69, 9.17) is 0 Å². The summed E-state index contributed by atoms with van der Waals surface area (Å²) in [6.07, 6.45) is 3.29. The first kappa shape index (κ1) is 15.3. The first-order chi connectivity index (χ1) is 8.91. The fourth-order valence-corrected chi connectivity index (χ4v) is 1.93. The summed E-state index contributed by atoms with van der Waals surface area (Å²) >= 11 is 1.11. The summed E-state index contributed by atoms with van der Waals surface area (Å²) in [4.78, 5) is 20.5. The second-order valence-corrected chi connectivity index (χ2v) is 4.89. The van der Waals surface area contributed by atoms with Gasteiger partial charge in [-0.1, -0.05) is 23.9 Å². The number of nitro groups is 1. The molecule has 1 aromatic carbocycles. The van der Waals surface area contributed by atoms with Gasteiger partial charge in [-0.3, -0.25) is 14.9 Å².